The van der Waals surface area contributed by atoms with Gasteiger partial charge in [-0.25, -0.2) is 0 Å². The highest BCUT2D eigenvalue weighted by atomic mass is 32.1. The molecule has 0 amide bonds. The average molecular weight is 408 g/mol. The van der Waals surface area contributed by atoms with Gasteiger partial charge in [-0.15, -0.1) is 11.3 Å². The number of anilines is 1. The van der Waals surface area contributed by atoms with Crippen molar-refractivity contribution in [1.82, 2.24) is 25.1 Å². The predicted octanol–water partition coefficient (Wildman–Crippen LogP) is 5.48. The van der Waals surface area contributed by atoms with Crippen molar-refractivity contribution in [3.8, 4) is 33.1 Å². The maximum atomic E-state index is 5.89. The molecule has 0 aliphatic heterocycles. The monoisotopic (exact) mass is 408 g/mol. The molecule has 0 unspecified atom stereocenters. The van der Waals surface area contributed by atoms with E-state index in [0.29, 0.717) is 5.69 Å². The lowest BCUT2D eigenvalue weighted by molar-refractivity contribution is 1.11. The van der Waals surface area contributed by atoms with Gasteiger partial charge < -0.3 is 10.7 Å². The SMILES string of the molecule is Nc1cncc(-c2cc3c(-c4cc5c(-c6cccs6)cccc5[nH]4)n[nH]c3cn2)c1. The first-order valence-corrected chi connectivity index (χ1v) is 10.4. The molecule has 7 heteroatoms. The standard InChI is InChI=1S/C23H16N6S/c24-14-7-13(10-25-11-14)19-9-17-21(12-26-19)28-29-23(17)20-8-16-15(22-5-2-6-30-22)3-1-4-18(16)27-20/h1-12,27H,24H2,(H,28,29). The number of aromatic nitrogens is 5. The topological polar surface area (TPSA) is 96.3 Å². The van der Waals surface area contributed by atoms with E-state index in [4.69, 9.17) is 5.73 Å². The average Bonchev–Trinajstić information content (AvgIpc) is 3.51. The third-order valence-corrected chi connectivity index (χ3v) is 6.11. The molecule has 30 heavy (non-hydrogen) atoms. The van der Waals surface area contributed by atoms with Crippen LogP contribution in [0.2, 0.25) is 0 Å². The van der Waals surface area contributed by atoms with E-state index >= 15 is 0 Å². The van der Waals surface area contributed by atoms with Gasteiger partial charge in [0.25, 0.3) is 0 Å². The van der Waals surface area contributed by atoms with Crippen molar-refractivity contribution in [2.24, 2.45) is 0 Å². The van der Waals surface area contributed by atoms with Gasteiger partial charge in [-0.1, -0.05) is 18.2 Å². The van der Waals surface area contributed by atoms with E-state index in [-0.39, 0.29) is 0 Å². The molecule has 6 rings (SSSR count). The summed E-state index contributed by atoms with van der Waals surface area (Å²) < 4.78 is 0. The summed E-state index contributed by atoms with van der Waals surface area (Å²) in [5.74, 6) is 0. The molecule has 6 nitrogen and oxygen atoms in total. The summed E-state index contributed by atoms with van der Waals surface area (Å²) in [5.41, 5.74) is 13.2. The van der Waals surface area contributed by atoms with Gasteiger partial charge in [0, 0.05) is 44.7 Å². The van der Waals surface area contributed by atoms with E-state index in [1.165, 1.54) is 15.8 Å². The molecular formula is C23H16N6S. The third kappa shape index (κ3) is 2.67. The summed E-state index contributed by atoms with van der Waals surface area (Å²) in [4.78, 5) is 13.5. The number of hydrogen-bond acceptors (Lipinski definition) is 5. The Bertz CT molecular complexity index is 1510. The van der Waals surface area contributed by atoms with Crippen molar-refractivity contribution in [3.63, 3.8) is 0 Å². The summed E-state index contributed by atoms with van der Waals surface area (Å²) in [5, 5.41) is 11.9. The highest BCUT2D eigenvalue weighted by Crippen LogP contribution is 2.36. The molecule has 5 heterocycles. The van der Waals surface area contributed by atoms with E-state index in [0.717, 1.165) is 39.1 Å². The largest absolute Gasteiger partial charge is 0.397 e. The second-order valence-electron chi connectivity index (χ2n) is 7.12. The number of thiophene rings is 1. The molecule has 0 spiro atoms. The number of H-pyrrole nitrogens is 2. The first-order valence-electron chi connectivity index (χ1n) is 9.47. The van der Waals surface area contributed by atoms with Crippen LogP contribution in [0.1, 0.15) is 0 Å². The Morgan fingerprint density at radius 3 is 2.73 bits per heavy atom. The number of nitrogen functional groups attached to an aromatic ring is 1. The zero-order valence-electron chi connectivity index (χ0n) is 15.8. The number of nitrogens with one attached hydrogen (secondary N) is 2. The maximum absolute atomic E-state index is 5.89. The lowest BCUT2D eigenvalue weighted by Gasteiger charge is -2.02. The van der Waals surface area contributed by atoms with Crippen LogP contribution in [-0.4, -0.2) is 25.1 Å². The van der Waals surface area contributed by atoms with Gasteiger partial charge in [0.1, 0.15) is 5.69 Å². The minimum Gasteiger partial charge on any atom is -0.397 e. The van der Waals surface area contributed by atoms with Gasteiger partial charge in [-0.3, -0.25) is 15.1 Å². The second-order valence-corrected chi connectivity index (χ2v) is 8.07. The molecule has 0 bridgehead atoms. The number of fused-ring (bicyclic) bond motifs is 2. The number of hydrogen-bond donors (Lipinski definition) is 3. The van der Waals surface area contributed by atoms with Crippen LogP contribution in [0, 0.1) is 0 Å². The molecule has 0 aliphatic rings. The van der Waals surface area contributed by atoms with E-state index in [2.05, 4.69) is 66.9 Å². The predicted molar refractivity (Wildman–Crippen MR) is 122 cm³/mol. The Hall–Kier alpha value is -3.97. The molecule has 0 atom stereocenters. The number of rotatable bonds is 3. The van der Waals surface area contributed by atoms with E-state index in [1.807, 2.05) is 12.1 Å². The van der Waals surface area contributed by atoms with Gasteiger partial charge in [0.15, 0.2) is 0 Å². The van der Waals surface area contributed by atoms with Crippen LogP contribution in [0.25, 0.3) is 54.9 Å². The lowest BCUT2D eigenvalue weighted by Crippen LogP contribution is -1.89. The fourth-order valence-corrected chi connectivity index (χ4v) is 4.57. The molecule has 0 saturated carbocycles. The smallest absolute Gasteiger partial charge is 0.116 e. The fraction of sp³-hybridized carbons (Fsp3) is 0. The Kier molecular flexibility index (Phi) is 3.69. The van der Waals surface area contributed by atoms with Gasteiger partial charge >= 0.3 is 0 Å². The molecule has 1 aromatic carbocycles. The van der Waals surface area contributed by atoms with Gasteiger partial charge in [-0.2, -0.15) is 5.10 Å². The maximum Gasteiger partial charge on any atom is 0.116 e. The highest BCUT2D eigenvalue weighted by Gasteiger charge is 2.15. The van der Waals surface area contributed by atoms with Crippen molar-refractivity contribution >= 4 is 38.8 Å². The highest BCUT2D eigenvalue weighted by molar-refractivity contribution is 7.13. The molecule has 6 aromatic rings. The third-order valence-electron chi connectivity index (χ3n) is 5.21. The van der Waals surface area contributed by atoms with Crippen LogP contribution < -0.4 is 5.73 Å². The molecule has 0 fully saturated rings. The minimum absolute atomic E-state index is 0.610. The zero-order chi connectivity index (χ0) is 20.1. The lowest BCUT2D eigenvalue weighted by atomic mass is 10.1. The van der Waals surface area contributed by atoms with Crippen molar-refractivity contribution in [1.29, 1.82) is 0 Å². The van der Waals surface area contributed by atoms with Crippen LogP contribution in [0.4, 0.5) is 5.69 Å². The van der Waals surface area contributed by atoms with E-state index < -0.39 is 0 Å². The quantitative estimate of drug-likeness (QED) is 0.361. The van der Waals surface area contributed by atoms with Crippen molar-refractivity contribution < 1.29 is 0 Å². The molecule has 0 aliphatic carbocycles. The minimum atomic E-state index is 0.610. The van der Waals surface area contributed by atoms with Gasteiger partial charge in [-0.05, 0) is 35.7 Å². The summed E-state index contributed by atoms with van der Waals surface area (Å²) >= 11 is 1.74. The zero-order valence-corrected chi connectivity index (χ0v) is 16.6. The van der Waals surface area contributed by atoms with Crippen molar-refractivity contribution in [2.75, 3.05) is 5.73 Å². The van der Waals surface area contributed by atoms with E-state index in [9.17, 15) is 0 Å². The fourth-order valence-electron chi connectivity index (χ4n) is 3.81. The first-order chi connectivity index (χ1) is 14.8. The summed E-state index contributed by atoms with van der Waals surface area (Å²) in [6.07, 6.45) is 5.19. The summed E-state index contributed by atoms with van der Waals surface area (Å²) in [7, 11) is 0. The van der Waals surface area contributed by atoms with Crippen molar-refractivity contribution in [3.05, 3.63) is 72.5 Å². The van der Waals surface area contributed by atoms with Gasteiger partial charge in [0.05, 0.1) is 28.8 Å². The number of nitrogens with zero attached hydrogens (tertiary/aromatic N) is 3. The molecular weight excluding hydrogens is 392 g/mol. The number of benzene rings is 1. The Balaban J connectivity index is 1.52. The molecule has 0 radical (unpaired) electrons. The second kappa shape index (κ2) is 6.53. The van der Waals surface area contributed by atoms with Crippen LogP contribution in [-0.2, 0) is 0 Å². The normalized spacial score (nSPS) is 11.5. The van der Waals surface area contributed by atoms with Gasteiger partial charge in [0.2, 0.25) is 0 Å². The molecule has 0 saturated heterocycles. The van der Waals surface area contributed by atoms with Crippen LogP contribution >= 0.6 is 11.3 Å². The van der Waals surface area contributed by atoms with Crippen LogP contribution in [0.3, 0.4) is 0 Å². The summed E-state index contributed by atoms with van der Waals surface area (Å²) in [6.45, 7) is 0. The van der Waals surface area contributed by atoms with Crippen LogP contribution in [0.15, 0.2) is 72.5 Å². The van der Waals surface area contributed by atoms with Crippen LogP contribution in [0.5, 0.6) is 0 Å². The number of pyridine rings is 2. The van der Waals surface area contributed by atoms with Crippen molar-refractivity contribution in [2.45, 2.75) is 0 Å². The Morgan fingerprint density at radius 1 is 0.900 bits per heavy atom. The number of aromatic amines is 2. The first kappa shape index (κ1) is 16.9. The Labute approximate surface area is 175 Å². The molecule has 4 N–H and O–H groups in total. The molecule has 5 aromatic heterocycles. The summed E-state index contributed by atoms with van der Waals surface area (Å²) in [6, 6.07) is 16.6. The molecule has 144 valence electrons. The number of nitrogens with two attached hydrogens (primary N) is 1. The Morgan fingerprint density at radius 2 is 1.87 bits per heavy atom. The van der Waals surface area contributed by atoms with E-state index in [1.54, 1.807) is 29.9 Å².